The lowest BCUT2D eigenvalue weighted by atomic mass is 9.95. The topological polar surface area (TPSA) is 59.2 Å². The van der Waals surface area contributed by atoms with Crippen molar-refractivity contribution in [3.8, 4) is 0 Å². The number of carbonyl (C=O) groups excluding carboxylic acids is 1. The van der Waals surface area contributed by atoms with Crippen molar-refractivity contribution >= 4 is 17.2 Å². The molecule has 0 saturated carbocycles. The molecule has 0 unspecified atom stereocenters. The van der Waals surface area contributed by atoms with Crippen molar-refractivity contribution < 1.29 is 4.79 Å². The van der Waals surface area contributed by atoms with Gasteiger partial charge in [-0.3, -0.25) is 4.79 Å². The Morgan fingerprint density at radius 1 is 1.33 bits per heavy atom. The van der Waals surface area contributed by atoms with Gasteiger partial charge in [-0.05, 0) is 18.4 Å². The van der Waals surface area contributed by atoms with Gasteiger partial charge in [0.15, 0.2) is 0 Å². The van der Waals surface area contributed by atoms with E-state index in [1.807, 2.05) is 30.0 Å². The highest BCUT2D eigenvalue weighted by Crippen LogP contribution is 2.29. The van der Waals surface area contributed by atoms with Crippen LogP contribution >= 0.6 is 11.3 Å². The average molecular weight is 343 g/mol. The summed E-state index contributed by atoms with van der Waals surface area (Å²) in [4.78, 5) is 20.2. The maximum absolute atomic E-state index is 12.9. The van der Waals surface area contributed by atoms with E-state index >= 15 is 0 Å². The van der Waals surface area contributed by atoms with Crippen molar-refractivity contribution in [1.29, 1.82) is 0 Å². The molecule has 0 aliphatic carbocycles. The summed E-state index contributed by atoms with van der Waals surface area (Å²) >= 11 is 1.54. The first-order valence-electron chi connectivity index (χ1n) is 8.51. The summed E-state index contributed by atoms with van der Waals surface area (Å²) < 4.78 is 0. The van der Waals surface area contributed by atoms with Gasteiger partial charge in [0.25, 0.3) is 5.91 Å². The second-order valence-corrected chi connectivity index (χ2v) is 8.09. The zero-order chi connectivity index (χ0) is 17.3. The number of benzene rings is 1. The summed E-state index contributed by atoms with van der Waals surface area (Å²) in [6.45, 7) is 7.55. The van der Waals surface area contributed by atoms with E-state index in [2.05, 4.69) is 31.0 Å². The molecular weight excluding hydrogens is 318 g/mol. The molecule has 1 aliphatic heterocycles. The molecule has 3 rings (SSSR count). The number of amides is 1. The number of nitrogens with two attached hydrogens (primary N) is 1. The summed E-state index contributed by atoms with van der Waals surface area (Å²) in [6.07, 6.45) is 0.922. The molecule has 2 N–H and O–H groups in total. The van der Waals surface area contributed by atoms with Crippen LogP contribution in [-0.4, -0.2) is 34.9 Å². The van der Waals surface area contributed by atoms with E-state index in [-0.39, 0.29) is 17.9 Å². The molecule has 4 nitrogen and oxygen atoms in total. The van der Waals surface area contributed by atoms with E-state index in [0.29, 0.717) is 19.0 Å². The molecule has 0 spiro atoms. The fourth-order valence-corrected chi connectivity index (χ4v) is 4.52. The van der Waals surface area contributed by atoms with Gasteiger partial charge in [0.1, 0.15) is 4.88 Å². The average Bonchev–Trinajstić information content (AvgIpc) is 3.10. The fraction of sp³-hybridized carbons (Fsp3) is 0.474. The van der Waals surface area contributed by atoms with Crippen LogP contribution in [0.4, 0.5) is 0 Å². The molecule has 0 bridgehead atoms. The highest BCUT2D eigenvalue weighted by molar-refractivity contribution is 7.13. The Balaban J connectivity index is 1.76. The Labute approximate surface area is 147 Å². The van der Waals surface area contributed by atoms with Crippen LogP contribution < -0.4 is 5.73 Å². The normalized spacial score (nSPS) is 20.8. The number of thiazole rings is 1. The van der Waals surface area contributed by atoms with Gasteiger partial charge in [0.2, 0.25) is 0 Å². The van der Waals surface area contributed by atoms with Crippen molar-refractivity contribution in [3.05, 3.63) is 51.5 Å². The summed E-state index contributed by atoms with van der Waals surface area (Å²) in [7, 11) is 0. The summed E-state index contributed by atoms with van der Waals surface area (Å²) in [6, 6.07) is 10.2. The third-order valence-electron chi connectivity index (χ3n) is 4.50. The monoisotopic (exact) mass is 343 g/mol. The minimum absolute atomic E-state index is 0.0142. The molecule has 1 aromatic heterocycles. The van der Waals surface area contributed by atoms with Gasteiger partial charge < -0.3 is 10.6 Å². The Kier molecular flexibility index (Phi) is 5.01. The first kappa shape index (κ1) is 17.1. The van der Waals surface area contributed by atoms with E-state index in [4.69, 9.17) is 5.73 Å². The Hall–Kier alpha value is -1.72. The van der Waals surface area contributed by atoms with Gasteiger partial charge in [-0.15, -0.1) is 11.3 Å². The van der Waals surface area contributed by atoms with Crippen LogP contribution in [0.15, 0.2) is 30.3 Å². The van der Waals surface area contributed by atoms with Crippen molar-refractivity contribution in [2.75, 3.05) is 13.1 Å². The lowest BCUT2D eigenvalue weighted by Gasteiger charge is -2.16. The SMILES string of the molecule is Cc1nc(CC(C)C)sc1C(=O)N1C[C@@H](N)[C@H](c2ccccc2)C1. The van der Waals surface area contributed by atoms with Gasteiger partial charge in [0, 0.05) is 31.5 Å². The maximum atomic E-state index is 12.9. The largest absolute Gasteiger partial charge is 0.336 e. The highest BCUT2D eigenvalue weighted by atomic mass is 32.1. The third-order valence-corrected chi connectivity index (χ3v) is 5.67. The molecule has 2 aromatic rings. The van der Waals surface area contributed by atoms with Crippen LogP contribution in [0.2, 0.25) is 0 Å². The second kappa shape index (κ2) is 7.03. The lowest BCUT2D eigenvalue weighted by Crippen LogP contribution is -2.32. The van der Waals surface area contributed by atoms with Gasteiger partial charge in [-0.2, -0.15) is 0 Å². The molecule has 2 atom stereocenters. The fourth-order valence-electron chi connectivity index (χ4n) is 3.28. The van der Waals surface area contributed by atoms with Crippen molar-refractivity contribution in [3.63, 3.8) is 0 Å². The van der Waals surface area contributed by atoms with E-state index in [9.17, 15) is 4.79 Å². The quantitative estimate of drug-likeness (QED) is 0.927. The molecule has 128 valence electrons. The van der Waals surface area contributed by atoms with Gasteiger partial charge in [0.05, 0.1) is 10.7 Å². The molecular formula is C19H25N3OS. The maximum Gasteiger partial charge on any atom is 0.265 e. The number of aryl methyl sites for hydroxylation is 1. The number of hydrogen-bond acceptors (Lipinski definition) is 4. The molecule has 24 heavy (non-hydrogen) atoms. The minimum atomic E-state index is -0.0142. The highest BCUT2D eigenvalue weighted by Gasteiger charge is 2.35. The zero-order valence-electron chi connectivity index (χ0n) is 14.5. The minimum Gasteiger partial charge on any atom is -0.336 e. The summed E-state index contributed by atoms with van der Waals surface area (Å²) in [5.41, 5.74) is 8.38. The van der Waals surface area contributed by atoms with Crippen LogP contribution in [0.1, 0.15) is 45.7 Å². The number of likely N-dealkylation sites (tertiary alicyclic amines) is 1. The van der Waals surface area contributed by atoms with E-state index in [1.165, 1.54) is 16.9 Å². The molecule has 1 aliphatic rings. The van der Waals surface area contributed by atoms with E-state index in [0.717, 1.165) is 22.0 Å². The molecule has 5 heteroatoms. The predicted molar refractivity (Wildman–Crippen MR) is 98.5 cm³/mol. The summed E-state index contributed by atoms with van der Waals surface area (Å²) in [5, 5.41) is 1.05. The van der Waals surface area contributed by atoms with Gasteiger partial charge >= 0.3 is 0 Å². The number of carbonyl (C=O) groups is 1. The van der Waals surface area contributed by atoms with Crippen LogP contribution in [0.3, 0.4) is 0 Å². The number of hydrogen-bond donors (Lipinski definition) is 1. The zero-order valence-corrected chi connectivity index (χ0v) is 15.3. The molecule has 2 heterocycles. The standard InChI is InChI=1S/C19H25N3OS/c1-12(2)9-17-21-13(3)18(24-17)19(23)22-10-15(16(20)11-22)14-7-5-4-6-8-14/h4-8,12,15-16H,9-11,20H2,1-3H3/t15-,16+/m0/s1. The van der Waals surface area contributed by atoms with Crippen molar-refractivity contribution in [2.24, 2.45) is 11.7 Å². The number of rotatable bonds is 4. The molecule has 1 fully saturated rings. The van der Waals surface area contributed by atoms with Gasteiger partial charge in [-0.1, -0.05) is 44.2 Å². The van der Waals surface area contributed by atoms with Crippen molar-refractivity contribution in [1.82, 2.24) is 9.88 Å². The van der Waals surface area contributed by atoms with E-state index in [1.54, 1.807) is 0 Å². The number of nitrogens with zero attached hydrogens (tertiary/aromatic N) is 2. The summed E-state index contributed by atoms with van der Waals surface area (Å²) in [5.74, 6) is 0.827. The second-order valence-electron chi connectivity index (χ2n) is 7.01. The lowest BCUT2D eigenvalue weighted by molar-refractivity contribution is 0.0793. The number of aromatic nitrogens is 1. The van der Waals surface area contributed by atoms with Crippen LogP contribution in [0.5, 0.6) is 0 Å². The van der Waals surface area contributed by atoms with Crippen LogP contribution in [0.25, 0.3) is 0 Å². The smallest absolute Gasteiger partial charge is 0.265 e. The van der Waals surface area contributed by atoms with Gasteiger partial charge in [-0.25, -0.2) is 4.98 Å². The first-order chi connectivity index (χ1) is 11.5. The molecule has 1 aromatic carbocycles. The Bertz CT molecular complexity index is 711. The molecule has 1 saturated heterocycles. The third kappa shape index (κ3) is 3.52. The Morgan fingerprint density at radius 2 is 2.04 bits per heavy atom. The van der Waals surface area contributed by atoms with Crippen LogP contribution in [0, 0.1) is 12.8 Å². The molecule has 0 radical (unpaired) electrons. The predicted octanol–water partition coefficient (Wildman–Crippen LogP) is 3.22. The van der Waals surface area contributed by atoms with Crippen molar-refractivity contribution in [2.45, 2.75) is 39.2 Å². The Morgan fingerprint density at radius 3 is 2.71 bits per heavy atom. The van der Waals surface area contributed by atoms with E-state index < -0.39 is 0 Å². The first-order valence-corrected chi connectivity index (χ1v) is 9.33. The van der Waals surface area contributed by atoms with Crippen LogP contribution in [-0.2, 0) is 6.42 Å². The molecule has 1 amide bonds.